The molecule has 0 aliphatic heterocycles. The van der Waals surface area contributed by atoms with Gasteiger partial charge >= 0.3 is 5.97 Å². The van der Waals surface area contributed by atoms with Gasteiger partial charge in [-0.2, -0.15) is 0 Å². The summed E-state index contributed by atoms with van der Waals surface area (Å²) in [7, 11) is 1.62. The van der Waals surface area contributed by atoms with E-state index >= 15 is 0 Å². The van der Waals surface area contributed by atoms with Crippen LogP contribution in [0.1, 0.15) is 40.5 Å². The van der Waals surface area contributed by atoms with E-state index in [-0.39, 0.29) is 17.5 Å². The van der Waals surface area contributed by atoms with E-state index in [1.807, 2.05) is 39.8 Å². The van der Waals surface area contributed by atoms with Crippen LogP contribution in [-0.4, -0.2) is 35.8 Å². The van der Waals surface area contributed by atoms with Crippen LogP contribution in [0.2, 0.25) is 0 Å². The monoisotopic (exact) mass is 436 g/mol. The number of ether oxygens (including phenoxy) is 2. The highest BCUT2D eigenvalue weighted by molar-refractivity contribution is 9.10. The number of carboxylic acids is 1. The number of carboxylic acid groups (broad SMARTS) is 1. The lowest BCUT2D eigenvalue weighted by Gasteiger charge is -2.21. The first-order valence-electron chi connectivity index (χ1n) is 8.71. The van der Waals surface area contributed by atoms with Crippen molar-refractivity contribution in [3.05, 3.63) is 45.1 Å². The number of nitrogens with one attached hydrogen (secondary N) is 1. The number of nitrogens with zero attached hydrogens (tertiary/aromatic N) is 1. The Morgan fingerprint density at radius 3 is 2.41 bits per heavy atom. The van der Waals surface area contributed by atoms with Gasteiger partial charge in [0.2, 0.25) is 5.88 Å². The van der Waals surface area contributed by atoms with Crippen LogP contribution in [0.15, 0.2) is 22.7 Å². The Bertz CT molecular complexity index is 816. The Morgan fingerprint density at radius 2 is 1.89 bits per heavy atom. The van der Waals surface area contributed by atoms with Crippen molar-refractivity contribution in [2.75, 3.05) is 19.0 Å². The van der Waals surface area contributed by atoms with Crippen LogP contribution >= 0.6 is 15.9 Å². The minimum absolute atomic E-state index is 0.0110. The second-order valence-corrected chi connectivity index (χ2v) is 7.39. The number of hydrogen-bond donors (Lipinski definition) is 2. The molecule has 0 bridgehead atoms. The third kappa shape index (κ3) is 5.20. The van der Waals surface area contributed by atoms with Crippen molar-refractivity contribution >= 4 is 27.6 Å². The molecule has 6 nitrogen and oxygen atoms in total. The number of pyridine rings is 1. The van der Waals surface area contributed by atoms with Gasteiger partial charge in [-0.25, -0.2) is 9.78 Å². The molecule has 0 fully saturated rings. The molecule has 1 aromatic carbocycles. The van der Waals surface area contributed by atoms with Gasteiger partial charge in [0, 0.05) is 23.3 Å². The molecule has 2 rings (SSSR count). The van der Waals surface area contributed by atoms with Crippen molar-refractivity contribution < 1.29 is 19.4 Å². The maximum Gasteiger partial charge on any atom is 0.343 e. The second kappa shape index (κ2) is 9.19. The van der Waals surface area contributed by atoms with Gasteiger partial charge in [-0.1, -0.05) is 22.9 Å². The van der Waals surface area contributed by atoms with E-state index in [4.69, 9.17) is 9.47 Å². The molecular formula is C20H25BrN2O4. The molecule has 1 unspecified atom stereocenters. The molecule has 0 aliphatic carbocycles. The predicted octanol–water partition coefficient (Wildman–Crippen LogP) is 5.10. The first kappa shape index (κ1) is 21.2. The van der Waals surface area contributed by atoms with E-state index in [2.05, 4.69) is 26.2 Å². The summed E-state index contributed by atoms with van der Waals surface area (Å²) in [6, 6.07) is 5.54. The molecule has 27 heavy (non-hydrogen) atoms. The van der Waals surface area contributed by atoms with Crippen molar-refractivity contribution in [1.82, 2.24) is 4.98 Å². The normalized spacial score (nSPS) is 11.9. The lowest BCUT2D eigenvalue weighted by atomic mass is 10.1. The van der Waals surface area contributed by atoms with Crippen LogP contribution in [0.3, 0.4) is 0 Å². The van der Waals surface area contributed by atoms with Gasteiger partial charge in [0.15, 0.2) is 0 Å². The average Bonchev–Trinajstić information content (AvgIpc) is 2.56. The third-order valence-corrected chi connectivity index (χ3v) is 4.63. The first-order valence-corrected chi connectivity index (χ1v) is 9.51. The SMILES string of the molecule is CCC(COC)Nc1cc(C)nc(Oc2c(C)cc(Br)cc2C)c1C(=O)O. The highest BCUT2D eigenvalue weighted by atomic mass is 79.9. The molecule has 0 saturated carbocycles. The van der Waals surface area contributed by atoms with E-state index in [9.17, 15) is 9.90 Å². The molecule has 7 heteroatoms. The second-order valence-electron chi connectivity index (χ2n) is 6.47. The molecule has 0 amide bonds. The summed E-state index contributed by atoms with van der Waals surface area (Å²) in [6.45, 7) is 8.11. The molecule has 0 saturated heterocycles. The summed E-state index contributed by atoms with van der Waals surface area (Å²) in [5.41, 5.74) is 2.93. The molecule has 0 radical (unpaired) electrons. The van der Waals surface area contributed by atoms with Gasteiger partial charge < -0.3 is 19.9 Å². The van der Waals surface area contributed by atoms with Gasteiger partial charge in [-0.15, -0.1) is 0 Å². The number of methoxy groups -OCH3 is 1. The van der Waals surface area contributed by atoms with Crippen molar-refractivity contribution in [2.45, 2.75) is 40.2 Å². The van der Waals surface area contributed by atoms with Crippen LogP contribution in [0.4, 0.5) is 5.69 Å². The number of aromatic carboxylic acids is 1. The van der Waals surface area contributed by atoms with Crippen LogP contribution < -0.4 is 10.1 Å². The number of halogens is 1. The van der Waals surface area contributed by atoms with Crippen LogP contribution in [0, 0.1) is 20.8 Å². The van der Waals surface area contributed by atoms with Crippen LogP contribution in [0.25, 0.3) is 0 Å². The zero-order valence-corrected chi connectivity index (χ0v) is 17.8. The van der Waals surface area contributed by atoms with Gasteiger partial charge in [-0.3, -0.25) is 0 Å². The summed E-state index contributed by atoms with van der Waals surface area (Å²) in [5, 5.41) is 13.1. The minimum atomic E-state index is -1.10. The molecule has 0 spiro atoms. The number of aryl methyl sites for hydroxylation is 3. The molecular weight excluding hydrogens is 412 g/mol. The molecule has 2 N–H and O–H groups in total. The summed E-state index contributed by atoms with van der Waals surface area (Å²) >= 11 is 3.46. The van der Waals surface area contributed by atoms with Crippen molar-refractivity contribution in [2.24, 2.45) is 0 Å². The Hall–Kier alpha value is -2.12. The topological polar surface area (TPSA) is 80.7 Å². The van der Waals surface area contributed by atoms with Crippen molar-refractivity contribution in [3.8, 4) is 11.6 Å². The third-order valence-electron chi connectivity index (χ3n) is 4.17. The fourth-order valence-corrected chi connectivity index (χ4v) is 3.56. The number of rotatable bonds is 8. The van der Waals surface area contributed by atoms with Crippen molar-refractivity contribution in [1.29, 1.82) is 0 Å². The molecule has 1 atom stereocenters. The molecule has 0 aliphatic rings. The molecule has 1 aromatic heterocycles. The highest BCUT2D eigenvalue weighted by Gasteiger charge is 2.23. The minimum Gasteiger partial charge on any atom is -0.477 e. The summed E-state index contributed by atoms with van der Waals surface area (Å²) < 4.78 is 12.1. The number of anilines is 1. The van der Waals surface area contributed by atoms with Gasteiger partial charge in [-0.05, 0) is 56.5 Å². The Balaban J connectivity index is 2.52. The van der Waals surface area contributed by atoms with Gasteiger partial charge in [0.1, 0.15) is 11.3 Å². The molecule has 146 valence electrons. The van der Waals surface area contributed by atoms with E-state index in [0.29, 0.717) is 23.7 Å². The summed E-state index contributed by atoms with van der Waals surface area (Å²) in [4.78, 5) is 16.3. The number of benzene rings is 1. The molecule has 1 heterocycles. The first-order chi connectivity index (χ1) is 12.8. The molecule has 2 aromatic rings. The lowest BCUT2D eigenvalue weighted by molar-refractivity contribution is 0.0694. The van der Waals surface area contributed by atoms with E-state index < -0.39 is 5.97 Å². The Morgan fingerprint density at radius 1 is 1.26 bits per heavy atom. The zero-order valence-electron chi connectivity index (χ0n) is 16.2. The number of aromatic nitrogens is 1. The van der Waals surface area contributed by atoms with Crippen molar-refractivity contribution in [3.63, 3.8) is 0 Å². The van der Waals surface area contributed by atoms with Gasteiger partial charge in [0.05, 0.1) is 12.3 Å². The maximum atomic E-state index is 12.0. The summed E-state index contributed by atoms with van der Waals surface area (Å²) in [5.74, 6) is -0.417. The van der Waals surface area contributed by atoms with E-state index in [0.717, 1.165) is 22.0 Å². The Labute approximate surface area is 168 Å². The van der Waals surface area contributed by atoms with Crippen LogP contribution in [0.5, 0.6) is 11.6 Å². The quantitative estimate of drug-likeness (QED) is 0.599. The van der Waals surface area contributed by atoms with Gasteiger partial charge in [0.25, 0.3) is 0 Å². The summed E-state index contributed by atoms with van der Waals surface area (Å²) in [6.07, 6.45) is 0.787. The standard InChI is InChI=1S/C20H25BrN2O4/c1-6-15(10-26-5)23-16-9-13(4)22-19(17(16)20(24)25)27-18-11(2)7-14(21)8-12(18)3/h7-9,15H,6,10H2,1-5H3,(H,22,23)(H,24,25). The largest absolute Gasteiger partial charge is 0.477 e. The fraction of sp³-hybridized carbons (Fsp3) is 0.400. The maximum absolute atomic E-state index is 12.0. The Kier molecular flexibility index (Phi) is 7.21. The van der Waals surface area contributed by atoms with E-state index in [1.54, 1.807) is 13.2 Å². The smallest absolute Gasteiger partial charge is 0.343 e. The number of hydrogen-bond acceptors (Lipinski definition) is 5. The lowest BCUT2D eigenvalue weighted by Crippen LogP contribution is -2.25. The predicted molar refractivity (Wildman–Crippen MR) is 109 cm³/mol. The average molecular weight is 437 g/mol. The van der Waals surface area contributed by atoms with Crippen LogP contribution in [-0.2, 0) is 4.74 Å². The number of carbonyl (C=O) groups is 1. The van der Waals surface area contributed by atoms with E-state index in [1.165, 1.54) is 0 Å². The zero-order chi connectivity index (χ0) is 20.1. The highest BCUT2D eigenvalue weighted by Crippen LogP contribution is 2.35. The fourth-order valence-electron chi connectivity index (χ4n) is 2.88.